The van der Waals surface area contributed by atoms with Gasteiger partial charge in [-0.2, -0.15) is 0 Å². The van der Waals surface area contributed by atoms with Crippen molar-refractivity contribution in [2.24, 2.45) is 5.92 Å². The van der Waals surface area contributed by atoms with Crippen molar-refractivity contribution in [3.8, 4) is 0 Å². The maximum atomic E-state index is 13.9. The van der Waals surface area contributed by atoms with Crippen LogP contribution in [0, 0.1) is 11.7 Å². The summed E-state index contributed by atoms with van der Waals surface area (Å²) >= 11 is 3.23. The van der Waals surface area contributed by atoms with Crippen molar-refractivity contribution < 1.29 is 13.2 Å². The van der Waals surface area contributed by atoms with E-state index in [2.05, 4.69) is 21.2 Å². The summed E-state index contributed by atoms with van der Waals surface area (Å²) < 4.78 is 41.0. The maximum absolute atomic E-state index is 13.9. The molecule has 1 aliphatic carbocycles. The van der Waals surface area contributed by atoms with E-state index in [0.29, 0.717) is 29.3 Å². The molecule has 0 heterocycles. The second kappa shape index (κ2) is 6.48. The zero-order valence-corrected chi connectivity index (χ0v) is 13.0. The van der Waals surface area contributed by atoms with Crippen molar-refractivity contribution in [1.29, 1.82) is 0 Å². The van der Waals surface area contributed by atoms with Crippen molar-refractivity contribution in [2.75, 3.05) is 7.05 Å². The Balaban J connectivity index is 2.02. The first kappa shape index (κ1) is 15.8. The summed E-state index contributed by atoms with van der Waals surface area (Å²) in [5.74, 6) is -2.58. The van der Waals surface area contributed by atoms with E-state index in [1.54, 1.807) is 12.1 Å². The first-order chi connectivity index (χ1) is 9.41. The highest BCUT2D eigenvalue weighted by Crippen LogP contribution is 2.38. The fourth-order valence-electron chi connectivity index (χ4n) is 2.89. The molecule has 1 nitrogen and oxygen atoms in total. The van der Waals surface area contributed by atoms with Crippen LogP contribution >= 0.6 is 15.9 Å². The van der Waals surface area contributed by atoms with Gasteiger partial charge in [-0.05, 0) is 49.9 Å². The zero-order valence-electron chi connectivity index (χ0n) is 11.4. The molecule has 0 bridgehead atoms. The summed E-state index contributed by atoms with van der Waals surface area (Å²) in [5, 5.41) is 3.17. The molecule has 1 aromatic rings. The van der Waals surface area contributed by atoms with Gasteiger partial charge in [-0.1, -0.05) is 22.0 Å². The second-order valence-electron chi connectivity index (χ2n) is 5.53. The van der Waals surface area contributed by atoms with Gasteiger partial charge in [0.15, 0.2) is 0 Å². The van der Waals surface area contributed by atoms with Crippen LogP contribution < -0.4 is 5.32 Å². The summed E-state index contributed by atoms with van der Waals surface area (Å²) in [6.07, 6.45) is 1.41. The third-order valence-electron chi connectivity index (χ3n) is 4.16. The predicted molar refractivity (Wildman–Crippen MR) is 77.6 cm³/mol. The molecular weight excluding hydrogens is 331 g/mol. The Bertz CT molecular complexity index is 454. The second-order valence-corrected chi connectivity index (χ2v) is 6.44. The van der Waals surface area contributed by atoms with E-state index in [1.165, 1.54) is 6.07 Å². The molecule has 1 N–H and O–H groups in total. The van der Waals surface area contributed by atoms with Crippen molar-refractivity contribution in [3.63, 3.8) is 0 Å². The van der Waals surface area contributed by atoms with E-state index in [4.69, 9.17) is 0 Å². The summed E-state index contributed by atoms with van der Waals surface area (Å²) in [7, 11) is 1.81. The molecular formula is C15H19BrF3N. The van der Waals surface area contributed by atoms with E-state index < -0.39 is 5.92 Å². The van der Waals surface area contributed by atoms with Gasteiger partial charge in [0.05, 0.1) is 0 Å². The first-order valence-electron chi connectivity index (χ1n) is 6.90. The smallest absolute Gasteiger partial charge is 0.248 e. The molecule has 1 saturated carbocycles. The molecule has 0 aromatic heterocycles. The van der Waals surface area contributed by atoms with Crippen LogP contribution in [-0.4, -0.2) is 19.0 Å². The molecule has 1 aromatic carbocycles. The average Bonchev–Trinajstić information content (AvgIpc) is 2.39. The number of rotatable bonds is 4. The van der Waals surface area contributed by atoms with Crippen molar-refractivity contribution in [2.45, 2.75) is 44.1 Å². The predicted octanol–water partition coefficient (Wildman–Crippen LogP) is 4.54. The van der Waals surface area contributed by atoms with E-state index in [1.807, 2.05) is 7.05 Å². The Morgan fingerprint density at radius 1 is 1.35 bits per heavy atom. The number of hydrogen-bond acceptors (Lipinski definition) is 1. The van der Waals surface area contributed by atoms with Crippen molar-refractivity contribution in [3.05, 3.63) is 34.1 Å². The number of benzene rings is 1. The first-order valence-corrected chi connectivity index (χ1v) is 7.69. The quantitative estimate of drug-likeness (QED) is 0.841. The van der Waals surface area contributed by atoms with Gasteiger partial charge >= 0.3 is 0 Å². The minimum absolute atomic E-state index is 0.0433. The minimum atomic E-state index is -2.52. The summed E-state index contributed by atoms with van der Waals surface area (Å²) in [5.41, 5.74) is 0.630. The summed E-state index contributed by atoms with van der Waals surface area (Å²) in [6.45, 7) is 0. The SMILES string of the molecule is CNC(Cc1ccc(Br)cc1F)C1CCC(F)(F)CC1. The van der Waals surface area contributed by atoms with Gasteiger partial charge in [0.1, 0.15) is 5.82 Å². The lowest BCUT2D eigenvalue weighted by atomic mass is 9.80. The van der Waals surface area contributed by atoms with Gasteiger partial charge in [-0.3, -0.25) is 0 Å². The van der Waals surface area contributed by atoms with E-state index >= 15 is 0 Å². The third kappa shape index (κ3) is 3.98. The molecule has 0 amide bonds. The Kier molecular flexibility index (Phi) is 5.13. The molecule has 0 spiro atoms. The lowest BCUT2D eigenvalue weighted by Crippen LogP contribution is -2.39. The van der Waals surface area contributed by atoms with Gasteiger partial charge in [0, 0.05) is 23.4 Å². The normalized spacial score (nSPS) is 20.9. The van der Waals surface area contributed by atoms with Crippen LogP contribution in [0.25, 0.3) is 0 Å². The Hall–Kier alpha value is -0.550. The summed E-state index contributed by atoms with van der Waals surface area (Å²) in [6, 6.07) is 5.04. The van der Waals surface area contributed by atoms with Crippen molar-refractivity contribution >= 4 is 15.9 Å². The number of alkyl halides is 2. The van der Waals surface area contributed by atoms with Crippen LogP contribution in [0.15, 0.2) is 22.7 Å². The molecule has 20 heavy (non-hydrogen) atoms. The van der Waals surface area contributed by atoms with Gasteiger partial charge in [0.25, 0.3) is 0 Å². The molecule has 1 aliphatic rings. The standard InChI is InChI=1S/C15H19BrF3N/c1-20-14(10-4-6-15(18,19)7-5-10)8-11-2-3-12(16)9-13(11)17/h2-3,9-10,14,20H,4-8H2,1H3. The maximum Gasteiger partial charge on any atom is 0.248 e. The average molecular weight is 350 g/mol. The van der Waals surface area contributed by atoms with Gasteiger partial charge in [0.2, 0.25) is 5.92 Å². The molecule has 112 valence electrons. The largest absolute Gasteiger partial charge is 0.316 e. The van der Waals surface area contributed by atoms with Gasteiger partial charge < -0.3 is 5.32 Å². The van der Waals surface area contributed by atoms with Gasteiger partial charge in [-0.15, -0.1) is 0 Å². The van der Waals surface area contributed by atoms with E-state index in [-0.39, 0.29) is 30.6 Å². The van der Waals surface area contributed by atoms with Gasteiger partial charge in [-0.25, -0.2) is 13.2 Å². The topological polar surface area (TPSA) is 12.0 Å². The van der Waals surface area contributed by atoms with Crippen molar-refractivity contribution in [1.82, 2.24) is 5.32 Å². The molecule has 1 fully saturated rings. The molecule has 0 saturated heterocycles. The highest BCUT2D eigenvalue weighted by molar-refractivity contribution is 9.10. The van der Waals surface area contributed by atoms with Crippen LogP contribution in [0.5, 0.6) is 0 Å². The lowest BCUT2D eigenvalue weighted by molar-refractivity contribution is -0.0493. The lowest BCUT2D eigenvalue weighted by Gasteiger charge is -2.33. The molecule has 1 atom stereocenters. The molecule has 2 rings (SSSR count). The fraction of sp³-hybridized carbons (Fsp3) is 0.600. The zero-order chi connectivity index (χ0) is 14.8. The van der Waals surface area contributed by atoms with Crippen LogP contribution in [-0.2, 0) is 6.42 Å². The number of nitrogens with one attached hydrogen (secondary N) is 1. The molecule has 1 unspecified atom stereocenters. The number of likely N-dealkylation sites (N-methyl/N-ethyl adjacent to an activating group) is 1. The van der Waals surface area contributed by atoms with Crippen LogP contribution in [0.3, 0.4) is 0 Å². The highest BCUT2D eigenvalue weighted by atomic mass is 79.9. The van der Waals surface area contributed by atoms with Crippen LogP contribution in [0.2, 0.25) is 0 Å². The Morgan fingerprint density at radius 2 is 2.00 bits per heavy atom. The Morgan fingerprint density at radius 3 is 2.55 bits per heavy atom. The number of halogens is 4. The Labute approximate surface area is 126 Å². The monoisotopic (exact) mass is 349 g/mol. The van der Waals surface area contributed by atoms with E-state index in [9.17, 15) is 13.2 Å². The molecule has 0 radical (unpaired) electrons. The third-order valence-corrected chi connectivity index (χ3v) is 4.65. The number of hydrogen-bond donors (Lipinski definition) is 1. The minimum Gasteiger partial charge on any atom is -0.316 e. The molecule has 5 heteroatoms. The van der Waals surface area contributed by atoms with Crippen LogP contribution in [0.4, 0.5) is 13.2 Å². The highest BCUT2D eigenvalue weighted by Gasteiger charge is 2.37. The van der Waals surface area contributed by atoms with E-state index in [0.717, 1.165) is 0 Å². The molecule has 0 aliphatic heterocycles. The van der Waals surface area contributed by atoms with Crippen LogP contribution in [0.1, 0.15) is 31.2 Å². The summed E-state index contributed by atoms with van der Waals surface area (Å²) in [4.78, 5) is 0. The fourth-order valence-corrected chi connectivity index (χ4v) is 3.23.